The highest BCUT2D eigenvalue weighted by Crippen LogP contribution is 2.62. The topological polar surface area (TPSA) is 43.1 Å². The molecule has 0 heterocycles. The van der Waals surface area contributed by atoms with Gasteiger partial charge in [0.25, 0.3) is 0 Å². The molecule has 1 aliphatic carbocycles. The van der Waals surface area contributed by atoms with E-state index in [-0.39, 0.29) is 11.3 Å². The average Bonchev–Trinajstić information content (AvgIpc) is 2.94. The summed E-state index contributed by atoms with van der Waals surface area (Å²) in [6, 6.07) is 10.2. The highest BCUT2D eigenvalue weighted by molar-refractivity contribution is 5.85. The second kappa shape index (κ2) is 3.93. The largest absolute Gasteiger partial charge is 0.369 e. The van der Waals surface area contributed by atoms with Crippen molar-refractivity contribution in [3.63, 3.8) is 0 Å². The standard InChI is InChI=1S/C14H19NO/c1-10(2)8-14(13(15)16)9-12(14)11-6-4-3-5-7-11/h3-7,10,12H,8-9H2,1-2H3,(H2,15,16). The zero-order chi connectivity index (χ0) is 11.8. The summed E-state index contributed by atoms with van der Waals surface area (Å²) in [6.07, 6.45) is 1.83. The molecule has 16 heavy (non-hydrogen) atoms. The molecule has 86 valence electrons. The minimum atomic E-state index is -0.268. The van der Waals surface area contributed by atoms with Gasteiger partial charge in [-0.1, -0.05) is 44.2 Å². The van der Waals surface area contributed by atoms with E-state index in [1.165, 1.54) is 5.56 Å². The number of hydrogen-bond donors (Lipinski definition) is 1. The van der Waals surface area contributed by atoms with Crippen LogP contribution < -0.4 is 5.73 Å². The van der Waals surface area contributed by atoms with Crippen LogP contribution in [0.4, 0.5) is 0 Å². The number of rotatable bonds is 4. The molecular formula is C14H19NO. The Labute approximate surface area is 96.8 Å². The molecule has 0 bridgehead atoms. The van der Waals surface area contributed by atoms with Gasteiger partial charge in [-0.15, -0.1) is 0 Å². The Balaban J connectivity index is 2.19. The van der Waals surface area contributed by atoms with E-state index in [9.17, 15) is 4.79 Å². The summed E-state index contributed by atoms with van der Waals surface area (Å²) in [5, 5.41) is 0. The first kappa shape index (κ1) is 11.2. The van der Waals surface area contributed by atoms with Crippen molar-refractivity contribution in [1.82, 2.24) is 0 Å². The first-order chi connectivity index (χ1) is 7.56. The van der Waals surface area contributed by atoms with Crippen LogP contribution in [-0.4, -0.2) is 5.91 Å². The Hall–Kier alpha value is -1.31. The van der Waals surface area contributed by atoms with Gasteiger partial charge in [-0.3, -0.25) is 4.79 Å². The van der Waals surface area contributed by atoms with Crippen LogP contribution in [0.25, 0.3) is 0 Å². The van der Waals surface area contributed by atoms with Crippen LogP contribution in [0.15, 0.2) is 30.3 Å². The van der Waals surface area contributed by atoms with Crippen molar-refractivity contribution in [3.8, 4) is 0 Å². The van der Waals surface area contributed by atoms with Crippen molar-refractivity contribution in [2.45, 2.75) is 32.6 Å². The third-order valence-electron chi connectivity index (χ3n) is 3.54. The van der Waals surface area contributed by atoms with Crippen molar-refractivity contribution < 1.29 is 4.79 Å². The molecule has 2 nitrogen and oxygen atoms in total. The molecule has 1 aromatic rings. The van der Waals surface area contributed by atoms with Gasteiger partial charge in [-0.2, -0.15) is 0 Å². The van der Waals surface area contributed by atoms with Crippen LogP contribution in [0, 0.1) is 11.3 Å². The lowest BCUT2D eigenvalue weighted by Gasteiger charge is -2.16. The average molecular weight is 217 g/mol. The Bertz CT molecular complexity index is 385. The van der Waals surface area contributed by atoms with E-state index in [0.717, 1.165) is 12.8 Å². The summed E-state index contributed by atoms with van der Waals surface area (Å²) in [7, 11) is 0. The fourth-order valence-electron chi connectivity index (χ4n) is 2.75. The number of benzene rings is 1. The zero-order valence-corrected chi connectivity index (χ0v) is 9.94. The van der Waals surface area contributed by atoms with Gasteiger partial charge in [-0.05, 0) is 30.2 Å². The quantitative estimate of drug-likeness (QED) is 0.828. The Morgan fingerprint density at radius 2 is 2.06 bits per heavy atom. The molecule has 2 heteroatoms. The normalized spacial score (nSPS) is 28.1. The van der Waals surface area contributed by atoms with Crippen LogP contribution in [-0.2, 0) is 4.79 Å². The van der Waals surface area contributed by atoms with Crippen molar-refractivity contribution in [3.05, 3.63) is 35.9 Å². The van der Waals surface area contributed by atoms with Crippen LogP contribution >= 0.6 is 0 Å². The second-order valence-corrected chi connectivity index (χ2v) is 5.29. The van der Waals surface area contributed by atoms with Crippen LogP contribution in [0.5, 0.6) is 0 Å². The second-order valence-electron chi connectivity index (χ2n) is 5.29. The summed E-state index contributed by atoms with van der Waals surface area (Å²) in [6.45, 7) is 4.29. The molecule has 2 rings (SSSR count). The van der Waals surface area contributed by atoms with Crippen molar-refractivity contribution in [2.75, 3.05) is 0 Å². The van der Waals surface area contributed by atoms with E-state index in [2.05, 4.69) is 26.0 Å². The molecule has 0 saturated heterocycles. The van der Waals surface area contributed by atoms with Crippen molar-refractivity contribution in [1.29, 1.82) is 0 Å². The smallest absolute Gasteiger partial charge is 0.224 e. The Morgan fingerprint density at radius 3 is 2.56 bits per heavy atom. The summed E-state index contributed by atoms with van der Waals surface area (Å²) in [5.41, 5.74) is 6.55. The minimum Gasteiger partial charge on any atom is -0.369 e. The molecule has 1 aliphatic rings. The van der Waals surface area contributed by atoms with Crippen LogP contribution in [0.1, 0.15) is 38.2 Å². The summed E-state index contributed by atoms with van der Waals surface area (Å²) >= 11 is 0. The first-order valence-corrected chi connectivity index (χ1v) is 5.91. The van der Waals surface area contributed by atoms with Crippen LogP contribution in [0.3, 0.4) is 0 Å². The SMILES string of the molecule is CC(C)CC1(C(N)=O)CC1c1ccccc1. The maximum atomic E-state index is 11.6. The highest BCUT2D eigenvalue weighted by atomic mass is 16.1. The predicted molar refractivity (Wildman–Crippen MR) is 64.9 cm³/mol. The van der Waals surface area contributed by atoms with E-state index in [0.29, 0.717) is 11.8 Å². The molecule has 2 N–H and O–H groups in total. The monoisotopic (exact) mass is 217 g/mol. The fourth-order valence-corrected chi connectivity index (χ4v) is 2.75. The van der Waals surface area contributed by atoms with E-state index >= 15 is 0 Å². The lowest BCUT2D eigenvalue weighted by molar-refractivity contribution is -0.123. The molecule has 2 unspecified atom stereocenters. The number of carbonyl (C=O) groups excluding carboxylic acids is 1. The van der Waals surface area contributed by atoms with Gasteiger partial charge in [0, 0.05) is 0 Å². The van der Waals surface area contributed by atoms with Gasteiger partial charge in [0.1, 0.15) is 0 Å². The maximum Gasteiger partial charge on any atom is 0.224 e. The van der Waals surface area contributed by atoms with E-state index in [1.54, 1.807) is 0 Å². The molecule has 0 spiro atoms. The molecule has 2 atom stereocenters. The lowest BCUT2D eigenvalue weighted by Crippen LogP contribution is -2.27. The third kappa shape index (κ3) is 1.84. The summed E-state index contributed by atoms with van der Waals surface area (Å²) in [4.78, 5) is 11.6. The van der Waals surface area contributed by atoms with Gasteiger partial charge in [0.2, 0.25) is 5.91 Å². The molecule has 1 fully saturated rings. The fraction of sp³-hybridized carbons (Fsp3) is 0.500. The first-order valence-electron chi connectivity index (χ1n) is 5.91. The number of hydrogen-bond acceptors (Lipinski definition) is 1. The van der Waals surface area contributed by atoms with E-state index in [4.69, 9.17) is 5.73 Å². The molecule has 1 aromatic carbocycles. The summed E-state index contributed by atoms with van der Waals surface area (Å²) < 4.78 is 0. The highest BCUT2D eigenvalue weighted by Gasteiger charge is 2.59. The van der Waals surface area contributed by atoms with E-state index < -0.39 is 0 Å². The predicted octanol–water partition coefficient (Wildman–Crippen LogP) is 2.69. The molecule has 0 aromatic heterocycles. The van der Waals surface area contributed by atoms with Crippen LogP contribution in [0.2, 0.25) is 0 Å². The molecule has 1 amide bonds. The van der Waals surface area contributed by atoms with Gasteiger partial charge in [-0.25, -0.2) is 0 Å². The lowest BCUT2D eigenvalue weighted by atomic mass is 9.89. The number of carbonyl (C=O) groups is 1. The number of nitrogens with two attached hydrogens (primary N) is 1. The van der Waals surface area contributed by atoms with Crippen molar-refractivity contribution in [2.24, 2.45) is 17.1 Å². The van der Waals surface area contributed by atoms with Gasteiger partial charge in [0.05, 0.1) is 5.41 Å². The maximum absolute atomic E-state index is 11.6. The van der Waals surface area contributed by atoms with E-state index in [1.807, 2.05) is 18.2 Å². The molecular weight excluding hydrogens is 198 g/mol. The Kier molecular flexibility index (Phi) is 2.75. The van der Waals surface area contributed by atoms with Gasteiger partial charge >= 0.3 is 0 Å². The zero-order valence-electron chi connectivity index (χ0n) is 9.94. The van der Waals surface area contributed by atoms with Crippen molar-refractivity contribution >= 4 is 5.91 Å². The summed E-state index contributed by atoms with van der Waals surface area (Å²) in [5.74, 6) is 0.727. The molecule has 1 saturated carbocycles. The van der Waals surface area contributed by atoms with Gasteiger partial charge < -0.3 is 5.73 Å². The third-order valence-corrected chi connectivity index (χ3v) is 3.54. The van der Waals surface area contributed by atoms with Gasteiger partial charge in [0.15, 0.2) is 0 Å². The molecule has 0 aliphatic heterocycles. The number of amides is 1. The molecule has 0 radical (unpaired) electrons. The Morgan fingerprint density at radius 1 is 1.44 bits per heavy atom. The minimum absolute atomic E-state index is 0.130. The number of primary amides is 1.